The van der Waals surface area contributed by atoms with E-state index in [2.05, 4.69) is 0 Å². The molecule has 0 N–H and O–H groups in total. The second-order valence-corrected chi connectivity index (χ2v) is 4.91. The van der Waals surface area contributed by atoms with Crippen molar-refractivity contribution >= 4 is 17.5 Å². The fraction of sp³-hybridized carbons (Fsp3) is 0.462. The maximum Gasteiger partial charge on any atom is 0.224 e. The molecule has 0 radical (unpaired) electrons. The van der Waals surface area contributed by atoms with Crippen LogP contribution in [0, 0.1) is 0 Å². The number of amides is 1. The van der Waals surface area contributed by atoms with Gasteiger partial charge in [-0.25, -0.2) is 0 Å². The molecule has 1 unspecified atom stereocenters. The first-order valence-electron chi connectivity index (χ1n) is 5.76. The van der Waals surface area contributed by atoms with E-state index in [1.54, 1.807) is 25.2 Å². The third-order valence-electron chi connectivity index (χ3n) is 2.95. The quantitative estimate of drug-likeness (QED) is 0.786. The lowest BCUT2D eigenvalue weighted by Gasteiger charge is -2.17. The van der Waals surface area contributed by atoms with Crippen molar-refractivity contribution in [3.63, 3.8) is 0 Å². The number of alkyl halides is 1. The Morgan fingerprint density at radius 2 is 1.89 bits per heavy atom. The average Bonchev–Trinajstić information content (AvgIpc) is 2.67. The summed E-state index contributed by atoms with van der Waals surface area (Å²) in [6.45, 7) is 1.13. The van der Waals surface area contributed by atoms with Gasteiger partial charge in [0.25, 0.3) is 0 Å². The second-order valence-electron chi connectivity index (χ2n) is 4.30. The SMILES string of the molecule is COc1cc(CN2CC(Cl)CC2=O)cc(OC)c1. The van der Waals surface area contributed by atoms with E-state index < -0.39 is 0 Å². The summed E-state index contributed by atoms with van der Waals surface area (Å²) in [7, 11) is 3.21. The molecule has 0 spiro atoms. The Morgan fingerprint density at radius 1 is 1.28 bits per heavy atom. The van der Waals surface area contributed by atoms with Crippen molar-refractivity contribution in [3.05, 3.63) is 23.8 Å². The third kappa shape index (κ3) is 2.88. The maximum atomic E-state index is 11.7. The van der Waals surface area contributed by atoms with Crippen LogP contribution in [0.5, 0.6) is 11.5 Å². The molecule has 1 atom stereocenters. The zero-order valence-electron chi connectivity index (χ0n) is 10.5. The summed E-state index contributed by atoms with van der Waals surface area (Å²) >= 11 is 5.97. The normalized spacial score (nSPS) is 19.2. The maximum absolute atomic E-state index is 11.7. The number of methoxy groups -OCH3 is 2. The van der Waals surface area contributed by atoms with Gasteiger partial charge in [0.2, 0.25) is 5.91 Å². The number of halogens is 1. The molecular formula is C13H16ClNO3. The van der Waals surface area contributed by atoms with Crippen molar-refractivity contribution in [2.24, 2.45) is 0 Å². The molecule has 1 amide bonds. The van der Waals surface area contributed by atoms with Gasteiger partial charge in [0.05, 0.1) is 19.6 Å². The number of likely N-dealkylation sites (tertiary alicyclic amines) is 1. The van der Waals surface area contributed by atoms with Crippen molar-refractivity contribution in [3.8, 4) is 11.5 Å². The molecule has 0 aromatic heterocycles. The lowest BCUT2D eigenvalue weighted by molar-refractivity contribution is -0.128. The van der Waals surface area contributed by atoms with Crippen LogP contribution in [0.15, 0.2) is 18.2 Å². The average molecular weight is 270 g/mol. The van der Waals surface area contributed by atoms with Gasteiger partial charge in [-0.05, 0) is 17.7 Å². The molecule has 0 bridgehead atoms. The molecule has 0 saturated carbocycles. The molecule has 0 aliphatic carbocycles. The summed E-state index contributed by atoms with van der Waals surface area (Å²) in [5.41, 5.74) is 0.977. The highest BCUT2D eigenvalue weighted by Crippen LogP contribution is 2.25. The summed E-state index contributed by atoms with van der Waals surface area (Å²) in [6.07, 6.45) is 0.419. The first-order chi connectivity index (χ1) is 8.62. The number of ether oxygens (including phenoxy) is 2. The molecule has 98 valence electrons. The van der Waals surface area contributed by atoms with Crippen LogP contribution in [0.25, 0.3) is 0 Å². The molecule has 1 aliphatic rings. The van der Waals surface area contributed by atoms with Crippen LogP contribution in [0.3, 0.4) is 0 Å². The van der Waals surface area contributed by atoms with Crippen LogP contribution in [0.4, 0.5) is 0 Å². The van der Waals surface area contributed by atoms with E-state index in [1.807, 2.05) is 12.1 Å². The van der Waals surface area contributed by atoms with Crippen molar-refractivity contribution in [2.45, 2.75) is 18.3 Å². The molecule has 1 aliphatic heterocycles. The fourth-order valence-corrected chi connectivity index (χ4v) is 2.35. The van der Waals surface area contributed by atoms with Crippen LogP contribution < -0.4 is 9.47 Å². The minimum atomic E-state index is -0.0787. The van der Waals surface area contributed by atoms with Crippen LogP contribution in [-0.4, -0.2) is 36.9 Å². The van der Waals surface area contributed by atoms with Gasteiger partial charge in [-0.15, -0.1) is 11.6 Å². The summed E-state index contributed by atoms with van der Waals surface area (Å²) in [5.74, 6) is 1.54. The molecule has 1 fully saturated rings. The van der Waals surface area contributed by atoms with Gasteiger partial charge in [0.1, 0.15) is 11.5 Å². The largest absolute Gasteiger partial charge is 0.497 e. The number of hydrogen-bond donors (Lipinski definition) is 0. The Bertz CT molecular complexity index is 428. The highest BCUT2D eigenvalue weighted by Gasteiger charge is 2.27. The van der Waals surface area contributed by atoms with E-state index in [-0.39, 0.29) is 11.3 Å². The minimum Gasteiger partial charge on any atom is -0.497 e. The molecule has 1 aromatic carbocycles. The van der Waals surface area contributed by atoms with Crippen LogP contribution in [0.2, 0.25) is 0 Å². The molecule has 2 rings (SSSR count). The Balaban J connectivity index is 2.15. The number of nitrogens with zero attached hydrogens (tertiary/aromatic N) is 1. The summed E-state index contributed by atoms with van der Waals surface area (Å²) in [5, 5.41) is -0.0787. The fourth-order valence-electron chi connectivity index (χ4n) is 2.05. The van der Waals surface area contributed by atoms with Gasteiger partial charge in [-0.2, -0.15) is 0 Å². The van der Waals surface area contributed by atoms with Crippen LogP contribution >= 0.6 is 11.6 Å². The van der Waals surface area contributed by atoms with Crippen LogP contribution in [-0.2, 0) is 11.3 Å². The molecule has 5 heteroatoms. The standard InChI is InChI=1S/C13H16ClNO3/c1-17-11-3-9(4-12(6-11)18-2)7-15-8-10(14)5-13(15)16/h3-4,6,10H,5,7-8H2,1-2H3. The smallest absolute Gasteiger partial charge is 0.224 e. The van der Waals surface area contributed by atoms with E-state index in [0.717, 1.165) is 17.1 Å². The van der Waals surface area contributed by atoms with Crippen LogP contribution in [0.1, 0.15) is 12.0 Å². The Labute approximate surface area is 111 Å². The number of benzene rings is 1. The number of carbonyl (C=O) groups excluding carboxylic acids is 1. The predicted octanol–water partition coefficient (Wildman–Crippen LogP) is 2.04. The minimum absolute atomic E-state index is 0.0787. The van der Waals surface area contributed by atoms with Gasteiger partial charge in [0, 0.05) is 25.6 Å². The Morgan fingerprint density at radius 3 is 2.33 bits per heavy atom. The lowest BCUT2D eigenvalue weighted by atomic mass is 10.2. The zero-order chi connectivity index (χ0) is 13.1. The number of rotatable bonds is 4. The molecule has 18 heavy (non-hydrogen) atoms. The topological polar surface area (TPSA) is 38.8 Å². The third-order valence-corrected chi connectivity index (χ3v) is 3.24. The summed E-state index contributed by atoms with van der Waals surface area (Å²) in [6, 6.07) is 5.61. The second kappa shape index (κ2) is 5.48. The summed E-state index contributed by atoms with van der Waals surface area (Å²) in [4.78, 5) is 13.4. The first kappa shape index (κ1) is 13.0. The number of hydrogen-bond acceptors (Lipinski definition) is 3. The molecule has 1 saturated heterocycles. The van der Waals surface area contributed by atoms with E-state index in [4.69, 9.17) is 21.1 Å². The molecule has 1 heterocycles. The van der Waals surface area contributed by atoms with Crippen molar-refractivity contribution < 1.29 is 14.3 Å². The zero-order valence-corrected chi connectivity index (χ0v) is 11.2. The van der Waals surface area contributed by atoms with E-state index in [1.165, 1.54) is 0 Å². The molecule has 4 nitrogen and oxygen atoms in total. The Kier molecular flexibility index (Phi) is 3.97. The predicted molar refractivity (Wildman–Crippen MR) is 69.2 cm³/mol. The number of carbonyl (C=O) groups is 1. The first-order valence-corrected chi connectivity index (χ1v) is 6.20. The Hall–Kier alpha value is -1.42. The molecular weight excluding hydrogens is 254 g/mol. The summed E-state index contributed by atoms with van der Waals surface area (Å²) < 4.78 is 10.4. The van der Waals surface area contributed by atoms with Gasteiger partial charge in [-0.3, -0.25) is 4.79 Å². The lowest BCUT2D eigenvalue weighted by Crippen LogP contribution is -2.24. The monoisotopic (exact) mass is 269 g/mol. The van der Waals surface area contributed by atoms with Gasteiger partial charge >= 0.3 is 0 Å². The van der Waals surface area contributed by atoms with Gasteiger partial charge in [-0.1, -0.05) is 0 Å². The van der Waals surface area contributed by atoms with Gasteiger partial charge < -0.3 is 14.4 Å². The van der Waals surface area contributed by atoms with Crippen molar-refractivity contribution in [1.29, 1.82) is 0 Å². The van der Waals surface area contributed by atoms with E-state index in [0.29, 0.717) is 19.5 Å². The van der Waals surface area contributed by atoms with E-state index in [9.17, 15) is 4.79 Å². The highest BCUT2D eigenvalue weighted by atomic mass is 35.5. The van der Waals surface area contributed by atoms with E-state index >= 15 is 0 Å². The highest BCUT2D eigenvalue weighted by molar-refractivity contribution is 6.22. The van der Waals surface area contributed by atoms with Crippen molar-refractivity contribution in [1.82, 2.24) is 4.90 Å². The van der Waals surface area contributed by atoms with Crippen molar-refractivity contribution in [2.75, 3.05) is 20.8 Å². The van der Waals surface area contributed by atoms with Gasteiger partial charge in [0.15, 0.2) is 0 Å². The molecule has 1 aromatic rings.